The summed E-state index contributed by atoms with van der Waals surface area (Å²) in [6, 6.07) is 0. The lowest BCUT2D eigenvalue weighted by atomic mass is 9.82. The Labute approximate surface area is 144 Å². The van der Waals surface area contributed by atoms with Gasteiger partial charge in [-0.05, 0) is 51.5 Å². The van der Waals surface area contributed by atoms with Gasteiger partial charge >= 0.3 is 5.97 Å². The van der Waals surface area contributed by atoms with Crippen molar-refractivity contribution < 1.29 is 19.7 Å². The molecule has 0 spiro atoms. The van der Waals surface area contributed by atoms with Crippen LogP contribution in [0.1, 0.15) is 59.8 Å². The Hall–Kier alpha value is -1.39. The summed E-state index contributed by atoms with van der Waals surface area (Å²) in [5.41, 5.74) is -0.224. The monoisotopic (exact) mass is 334 g/mol. The molecule has 1 aliphatic carbocycles. The van der Waals surface area contributed by atoms with E-state index >= 15 is 0 Å². The molecule has 4 heteroatoms. The van der Waals surface area contributed by atoms with Crippen LogP contribution in [0.3, 0.4) is 0 Å². The standard InChI is InChI=1S/C20H30O4/c1-14(2)20(23)9-7-16-13-17(24-18(16)21)12-15(3)6-5-8-19(4,22)10-11-20/h6,10-11,13-14,17,22-23H,5,7-9,12H2,1-4H3/b11-10+,15-6+/t17-,19+,20-/m1/s1. The van der Waals surface area contributed by atoms with Crippen molar-refractivity contribution in [2.75, 3.05) is 0 Å². The number of rotatable bonds is 1. The average Bonchev–Trinajstić information content (AvgIpc) is 2.81. The van der Waals surface area contributed by atoms with E-state index in [0.717, 1.165) is 12.0 Å². The molecule has 0 amide bonds. The van der Waals surface area contributed by atoms with E-state index in [1.54, 1.807) is 19.1 Å². The molecule has 0 aromatic carbocycles. The number of carbonyl (C=O) groups excluding carboxylic acids is 1. The first-order valence-corrected chi connectivity index (χ1v) is 8.84. The minimum Gasteiger partial charge on any atom is -0.454 e. The summed E-state index contributed by atoms with van der Waals surface area (Å²) in [5, 5.41) is 21.5. The molecule has 2 aliphatic rings. The van der Waals surface area contributed by atoms with Crippen LogP contribution in [-0.4, -0.2) is 33.5 Å². The van der Waals surface area contributed by atoms with Gasteiger partial charge < -0.3 is 14.9 Å². The predicted octanol–water partition coefficient (Wildman–Crippen LogP) is 3.44. The second-order valence-corrected chi connectivity index (χ2v) is 7.77. The van der Waals surface area contributed by atoms with Crippen LogP contribution >= 0.6 is 0 Å². The lowest BCUT2D eigenvalue weighted by Gasteiger charge is -2.30. The van der Waals surface area contributed by atoms with Crippen LogP contribution in [0.25, 0.3) is 0 Å². The minimum atomic E-state index is -1.06. The highest BCUT2D eigenvalue weighted by Crippen LogP contribution is 2.31. The first kappa shape index (κ1) is 18.9. The zero-order valence-corrected chi connectivity index (χ0v) is 15.2. The molecule has 134 valence electrons. The van der Waals surface area contributed by atoms with Crippen molar-refractivity contribution >= 4 is 5.97 Å². The van der Waals surface area contributed by atoms with Gasteiger partial charge in [0.1, 0.15) is 6.10 Å². The molecule has 0 aromatic rings. The van der Waals surface area contributed by atoms with Gasteiger partial charge in [-0.15, -0.1) is 0 Å². The Balaban J connectivity index is 2.30. The van der Waals surface area contributed by atoms with Crippen LogP contribution < -0.4 is 0 Å². The second kappa shape index (κ2) is 7.24. The average molecular weight is 334 g/mol. The van der Waals surface area contributed by atoms with Gasteiger partial charge in [-0.1, -0.05) is 37.6 Å². The summed E-state index contributed by atoms with van der Waals surface area (Å²) in [6.45, 7) is 7.67. The molecule has 3 atom stereocenters. The maximum atomic E-state index is 12.0. The van der Waals surface area contributed by atoms with Gasteiger partial charge in [0.25, 0.3) is 0 Å². The zero-order chi connectivity index (χ0) is 18.0. The zero-order valence-electron chi connectivity index (χ0n) is 15.2. The third kappa shape index (κ3) is 4.81. The molecule has 0 aromatic heterocycles. The normalized spacial score (nSPS) is 38.8. The topological polar surface area (TPSA) is 66.8 Å². The summed E-state index contributed by atoms with van der Waals surface area (Å²) in [6.07, 6.45) is 10.1. The third-order valence-electron chi connectivity index (χ3n) is 5.10. The molecule has 0 fully saturated rings. The first-order chi connectivity index (χ1) is 11.1. The predicted molar refractivity (Wildman–Crippen MR) is 94.4 cm³/mol. The largest absolute Gasteiger partial charge is 0.454 e. The molecular weight excluding hydrogens is 304 g/mol. The number of aliphatic hydroxyl groups is 2. The van der Waals surface area contributed by atoms with Crippen LogP contribution in [0.15, 0.2) is 35.5 Å². The maximum absolute atomic E-state index is 12.0. The van der Waals surface area contributed by atoms with Gasteiger partial charge in [-0.25, -0.2) is 4.79 Å². The lowest BCUT2D eigenvalue weighted by Crippen LogP contribution is -2.34. The molecule has 2 N–H and O–H groups in total. The van der Waals surface area contributed by atoms with E-state index in [0.29, 0.717) is 31.3 Å². The molecule has 2 bridgehead atoms. The maximum Gasteiger partial charge on any atom is 0.334 e. The second-order valence-electron chi connectivity index (χ2n) is 7.77. The number of hydrogen-bond donors (Lipinski definition) is 2. The van der Waals surface area contributed by atoms with Crippen molar-refractivity contribution in [2.24, 2.45) is 5.92 Å². The molecule has 24 heavy (non-hydrogen) atoms. The van der Waals surface area contributed by atoms with Gasteiger partial charge in [0.15, 0.2) is 0 Å². The number of fused-ring (bicyclic) bond motifs is 1. The highest BCUT2D eigenvalue weighted by Gasteiger charge is 2.32. The molecule has 0 unspecified atom stereocenters. The van der Waals surface area contributed by atoms with Crippen molar-refractivity contribution in [2.45, 2.75) is 77.1 Å². The quantitative estimate of drug-likeness (QED) is 0.569. The molecular formula is C20H30O4. The highest BCUT2D eigenvalue weighted by atomic mass is 16.5. The molecule has 1 aliphatic heterocycles. The van der Waals surface area contributed by atoms with E-state index in [9.17, 15) is 15.0 Å². The van der Waals surface area contributed by atoms with E-state index in [2.05, 4.69) is 6.08 Å². The molecule has 0 saturated carbocycles. The minimum absolute atomic E-state index is 0.0200. The number of ether oxygens (including phenoxy) is 1. The lowest BCUT2D eigenvalue weighted by molar-refractivity contribution is -0.139. The number of allylic oxidation sites excluding steroid dienone is 1. The van der Waals surface area contributed by atoms with Gasteiger partial charge in [0.2, 0.25) is 0 Å². The van der Waals surface area contributed by atoms with E-state index in [4.69, 9.17) is 4.74 Å². The summed E-state index contributed by atoms with van der Waals surface area (Å²) < 4.78 is 5.42. The van der Waals surface area contributed by atoms with Crippen LogP contribution in [0.4, 0.5) is 0 Å². The van der Waals surface area contributed by atoms with Gasteiger partial charge in [-0.3, -0.25) is 0 Å². The Bertz CT molecular complexity index is 568. The van der Waals surface area contributed by atoms with Crippen molar-refractivity contribution in [1.82, 2.24) is 0 Å². The SMILES string of the molecule is C/C1=C\CC[C@](C)(O)/C=C/[C@@](O)(C(C)C)CCC2=C[C@@H](C1)OC2=O. The van der Waals surface area contributed by atoms with E-state index in [1.807, 2.05) is 26.8 Å². The van der Waals surface area contributed by atoms with Gasteiger partial charge in [-0.2, -0.15) is 0 Å². The summed E-state index contributed by atoms with van der Waals surface area (Å²) in [5.74, 6) is -0.293. The van der Waals surface area contributed by atoms with Crippen LogP contribution in [0, 0.1) is 5.92 Å². The molecule has 1 heterocycles. The van der Waals surface area contributed by atoms with Crippen LogP contribution in [0.5, 0.6) is 0 Å². The number of hydrogen-bond acceptors (Lipinski definition) is 4. The van der Waals surface area contributed by atoms with E-state index < -0.39 is 11.2 Å². The fourth-order valence-electron chi connectivity index (χ4n) is 3.14. The van der Waals surface area contributed by atoms with Crippen LogP contribution in [0.2, 0.25) is 0 Å². The molecule has 4 nitrogen and oxygen atoms in total. The number of carbonyl (C=O) groups is 1. The third-order valence-corrected chi connectivity index (χ3v) is 5.10. The molecule has 0 radical (unpaired) electrons. The van der Waals surface area contributed by atoms with Gasteiger partial charge in [0, 0.05) is 12.0 Å². The van der Waals surface area contributed by atoms with Gasteiger partial charge in [0.05, 0.1) is 11.2 Å². The summed E-state index contributed by atoms with van der Waals surface area (Å²) >= 11 is 0. The fraction of sp³-hybridized carbons (Fsp3) is 0.650. The first-order valence-electron chi connectivity index (χ1n) is 8.84. The van der Waals surface area contributed by atoms with Crippen LogP contribution in [-0.2, 0) is 9.53 Å². The fourth-order valence-corrected chi connectivity index (χ4v) is 3.14. The summed E-state index contributed by atoms with van der Waals surface area (Å²) in [7, 11) is 0. The molecule has 2 rings (SSSR count). The Morgan fingerprint density at radius 2 is 1.96 bits per heavy atom. The van der Waals surface area contributed by atoms with E-state index in [-0.39, 0.29) is 18.0 Å². The Morgan fingerprint density at radius 3 is 2.62 bits per heavy atom. The smallest absolute Gasteiger partial charge is 0.334 e. The van der Waals surface area contributed by atoms with Crippen molar-refractivity contribution in [3.8, 4) is 0 Å². The highest BCUT2D eigenvalue weighted by molar-refractivity contribution is 5.90. The Morgan fingerprint density at radius 1 is 1.25 bits per heavy atom. The van der Waals surface area contributed by atoms with Crippen molar-refractivity contribution in [3.05, 3.63) is 35.5 Å². The van der Waals surface area contributed by atoms with Crippen molar-refractivity contribution in [3.63, 3.8) is 0 Å². The number of esters is 1. The molecule has 0 saturated heterocycles. The Kier molecular flexibility index (Phi) is 5.71. The van der Waals surface area contributed by atoms with Crippen molar-refractivity contribution in [1.29, 1.82) is 0 Å². The van der Waals surface area contributed by atoms with E-state index in [1.165, 1.54) is 0 Å². The summed E-state index contributed by atoms with van der Waals surface area (Å²) in [4.78, 5) is 12.0.